The van der Waals surface area contributed by atoms with Crippen molar-refractivity contribution >= 4 is 17.6 Å². The maximum absolute atomic E-state index is 13.1. The Hall–Kier alpha value is -3.74. The first kappa shape index (κ1) is 19.0. The van der Waals surface area contributed by atoms with Gasteiger partial charge in [0.15, 0.2) is 0 Å². The zero-order chi connectivity index (χ0) is 19.8. The molecule has 2 aromatic carbocycles. The van der Waals surface area contributed by atoms with Crippen molar-refractivity contribution in [1.29, 1.82) is 0 Å². The van der Waals surface area contributed by atoms with Crippen molar-refractivity contribution in [2.75, 3.05) is 12.4 Å². The number of nitrogens with zero attached hydrogens (tertiary/aromatic N) is 2. The van der Waals surface area contributed by atoms with Crippen molar-refractivity contribution in [2.45, 2.75) is 6.54 Å². The van der Waals surface area contributed by atoms with Gasteiger partial charge in [0.2, 0.25) is 5.96 Å². The van der Waals surface area contributed by atoms with Crippen LogP contribution < -0.4 is 15.4 Å². The van der Waals surface area contributed by atoms with E-state index in [1.54, 1.807) is 25.6 Å². The summed E-state index contributed by atoms with van der Waals surface area (Å²) in [5.41, 5.74) is 1.91. The van der Waals surface area contributed by atoms with E-state index >= 15 is 0 Å². The number of aliphatic imine (C=N–C) groups is 1. The molecule has 0 saturated heterocycles. The van der Waals surface area contributed by atoms with E-state index < -0.39 is 11.7 Å². The highest BCUT2D eigenvalue weighted by Crippen LogP contribution is 2.22. The molecule has 0 radical (unpaired) electrons. The molecule has 0 saturated carbocycles. The number of nitrogens with one attached hydrogen (secondary N) is 2. The van der Waals surface area contributed by atoms with Gasteiger partial charge in [-0.1, -0.05) is 12.1 Å². The number of benzene rings is 2. The standard InChI is InChI=1S/C21H19FN4O2/c1-28-19-5-3-2-4-18(19)25-21(24-14-15-10-12-23-13-11-15)26-20(27)16-6-8-17(22)9-7-16/h2-13H,14H2,1H3,(H2,24,25,26,27). The first-order valence-electron chi connectivity index (χ1n) is 8.56. The van der Waals surface area contributed by atoms with Crippen molar-refractivity contribution in [1.82, 2.24) is 10.3 Å². The number of para-hydroxylation sites is 2. The predicted octanol–water partition coefficient (Wildman–Crippen LogP) is 3.63. The van der Waals surface area contributed by atoms with Crippen molar-refractivity contribution in [3.8, 4) is 5.75 Å². The minimum absolute atomic E-state index is 0.246. The van der Waals surface area contributed by atoms with Crippen LogP contribution >= 0.6 is 0 Å². The van der Waals surface area contributed by atoms with Gasteiger partial charge in [0.05, 0.1) is 19.3 Å². The molecule has 1 amide bonds. The molecule has 1 heterocycles. The summed E-state index contributed by atoms with van der Waals surface area (Å²) < 4.78 is 18.4. The fourth-order valence-corrected chi connectivity index (χ4v) is 2.43. The fourth-order valence-electron chi connectivity index (χ4n) is 2.43. The molecule has 3 rings (SSSR count). The van der Waals surface area contributed by atoms with Crippen LogP contribution in [0.2, 0.25) is 0 Å². The molecular weight excluding hydrogens is 359 g/mol. The average Bonchev–Trinajstić information content (AvgIpc) is 2.73. The number of hydrogen-bond donors (Lipinski definition) is 2. The molecule has 7 heteroatoms. The van der Waals surface area contributed by atoms with Gasteiger partial charge in [-0.05, 0) is 54.1 Å². The van der Waals surface area contributed by atoms with Crippen LogP contribution in [0.15, 0.2) is 78.0 Å². The number of carbonyl (C=O) groups excluding carboxylic acids is 1. The molecule has 0 fully saturated rings. The molecule has 28 heavy (non-hydrogen) atoms. The van der Waals surface area contributed by atoms with Gasteiger partial charge in [0, 0.05) is 18.0 Å². The average molecular weight is 378 g/mol. The molecule has 2 N–H and O–H groups in total. The summed E-state index contributed by atoms with van der Waals surface area (Å²) in [6, 6.07) is 16.3. The highest BCUT2D eigenvalue weighted by atomic mass is 19.1. The Morgan fingerprint density at radius 2 is 1.79 bits per heavy atom. The van der Waals surface area contributed by atoms with E-state index in [1.165, 1.54) is 24.3 Å². The summed E-state index contributed by atoms with van der Waals surface area (Å²) in [5.74, 6) is 0.0388. The van der Waals surface area contributed by atoms with E-state index in [4.69, 9.17) is 4.74 Å². The molecule has 0 spiro atoms. The lowest BCUT2D eigenvalue weighted by Crippen LogP contribution is -2.36. The molecule has 0 bridgehead atoms. The molecular formula is C21H19FN4O2. The van der Waals surface area contributed by atoms with Crippen molar-refractivity contribution in [2.24, 2.45) is 4.99 Å². The smallest absolute Gasteiger partial charge is 0.257 e. The van der Waals surface area contributed by atoms with Gasteiger partial charge in [-0.15, -0.1) is 0 Å². The van der Waals surface area contributed by atoms with E-state index in [-0.39, 0.29) is 5.96 Å². The monoisotopic (exact) mass is 378 g/mol. The van der Waals surface area contributed by atoms with E-state index in [1.807, 2.05) is 30.3 Å². The SMILES string of the molecule is COc1ccccc1NC(=NCc1ccncc1)NC(=O)c1ccc(F)cc1. The second kappa shape index (κ2) is 9.27. The van der Waals surface area contributed by atoms with Crippen molar-refractivity contribution in [3.05, 3.63) is 90.0 Å². The molecule has 142 valence electrons. The largest absolute Gasteiger partial charge is 0.495 e. The molecule has 0 aliphatic rings. The molecule has 0 unspecified atom stereocenters. The van der Waals surface area contributed by atoms with E-state index in [0.717, 1.165) is 5.56 Å². The number of ether oxygens (including phenoxy) is 1. The Kier molecular flexibility index (Phi) is 6.30. The van der Waals surface area contributed by atoms with Crippen LogP contribution in [-0.2, 0) is 6.54 Å². The van der Waals surface area contributed by atoms with E-state index in [0.29, 0.717) is 23.5 Å². The predicted molar refractivity (Wildman–Crippen MR) is 106 cm³/mol. The minimum atomic E-state index is -0.407. The zero-order valence-corrected chi connectivity index (χ0v) is 15.2. The maximum Gasteiger partial charge on any atom is 0.257 e. The van der Waals surface area contributed by atoms with E-state index in [9.17, 15) is 9.18 Å². The number of carbonyl (C=O) groups is 1. The third-order valence-electron chi connectivity index (χ3n) is 3.87. The molecule has 1 aromatic heterocycles. The second-order valence-corrected chi connectivity index (χ2v) is 5.81. The summed E-state index contributed by atoms with van der Waals surface area (Å²) in [4.78, 5) is 21.0. The van der Waals surface area contributed by atoms with Crippen LogP contribution in [-0.4, -0.2) is 24.0 Å². The normalized spacial score (nSPS) is 11.0. The lowest BCUT2D eigenvalue weighted by Gasteiger charge is -2.14. The summed E-state index contributed by atoms with van der Waals surface area (Å²) in [5, 5.41) is 5.81. The number of pyridine rings is 1. The van der Waals surface area contributed by atoms with Crippen molar-refractivity contribution < 1.29 is 13.9 Å². The molecule has 3 aromatic rings. The topological polar surface area (TPSA) is 75.6 Å². The Morgan fingerprint density at radius 1 is 1.07 bits per heavy atom. The Labute approximate surface area is 162 Å². The Morgan fingerprint density at radius 3 is 2.50 bits per heavy atom. The quantitative estimate of drug-likeness (QED) is 0.525. The lowest BCUT2D eigenvalue weighted by atomic mass is 10.2. The highest BCUT2D eigenvalue weighted by molar-refractivity contribution is 6.10. The number of methoxy groups -OCH3 is 1. The van der Waals surface area contributed by atoms with Crippen LogP contribution in [0, 0.1) is 5.82 Å². The third-order valence-corrected chi connectivity index (χ3v) is 3.87. The number of rotatable bonds is 5. The van der Waals surface area contributed by atoms with E-state index in [2.05, 4.69) is 20.6 Å². The first-order chi connectivity index (χ1) is 13.7. The highest BCUT2D eigenvalue weighted by Gasteiger charge is 2.11. The van der Waals surface area contributed by atoms with Crippen LogP contribution in [0.25, 0.3) is 0 Å². The number of amides is 1. The van der Waals surface area contributed by atoms with Gasteiger partial charge < -0.3 is 10.1 Å². The summed E-state index contributed by atoms with van der Waals surface area (Å²) in [6.45, 7) is 0.337. The van der Waals surface area contributed by atoms with Crippen LogP contribution in [0.1, 0.15) is 15.9 Å². The zero-order valence-electron chi connectivity index (χ0n) is 15.2. The Balaban J connectivity index is 1.83. The van der Waals surface area contributed by atoms with Gasteiger partial charge in [-0.2, -0.15) is 0 Å². The fraction of sp³-hybridized carbons (Fsp3) is 0.0952. The van der Waals surface area contributed by atoms with Crippen molar-refractivity contribution in [3.63, 3.8) is 0 Å². The number of guanidine groups is 1. The van der Waals surface area contributed by atoms with Gasteiger partial charge in [0.25, 0.3) is 5.91 Å². The summed E-state index contributed by atoms with van der Waals surface area (Å²) in [7, 11) is 1.56. The molecule has 0 atom stereocenters. The van der Waals surface area contributed by atoms with Crippen LogP contribution in [0.4, 0.5) is 10.1 Å². The second-order valence-electron chi connectivity index (χ2n) is 5.81. The van der Waals surface area contributed by atoms with Crippen LogP contribution in [0.5, 0.6) is 5.75 Å². The minimum Gasteiger partial charge on any atom is -0.495 e. The van der Waals surface area contributed by atoms with Crippen LogP contribution in [0.3, 0.4) is 0 Å². The molecule has 6 nitrogen and oxygen atoms in total. The number of hydrogen-bond acceptors (Lipinski definition) is 4. The van der Waals surface area contributed by atoms with Gasteiger partial charge in [-0.25, -0.2) is 9.38 Å². The third kappa shape index (κ3) is 5.14. The first-order valence-corrected chi connectivity index (χ1v) is 8.56. The number of anilines is 1. The number of aromatic nitrogens is 1. The Bertz CT molecular complexity index is 960. The summed E-state index contributed by atoms with van der Waals surface area (Å²) >= 11 is 0. The maximum atomic E-state index is 13.1. The molecule has 0 aliphatic carbocycles. The molecule has 0 aliphatic heterocycles. The van der Waals surface area contributed by atoms with Gasteiger partial charge in [-0.3, -0.25) is 15.1 Å². The summed E-state index contributed by atoms with van der Waals surface area (Å²) in [6.07, 6.45) is 3.35. The van der Waals surface area contributed by atoms with Gasteiger partial charge in [0.1, 0.15) is 11.6 Å². The number of halogens is 1. The lowest BCUT2D eigenvalue weighted by molar-refractivity contribution is 0.0977. The van der Waals surface area contributed by atoms with Gasteiger partial charge >= 0.3 is 0 Å².